The number of rotatable bonds is 38. The molecule has 0 fully saturated rings. The van der Waals surface area contributed by atoms with Crippen molar-refractivity contribution in [3.8, 4) is 0 Å². The molecule has 0 spiro atoms. The van der Waals surface area contributed by atoms with Crippen LogP contribution >= 0.6 is 7.82 Å². The molecule has 0 aliphatic heterocycles. The van der Waals surface area contributed by atoms with E-state index in [2.05, 4.69) is 26.0 Å². The van der Waals surface area contributed by atoms with E-state index in [0.717, 1.165) is 51.4 Å². The lowest BCUT2D eigenvalue weighted by Gasteiger charge is -2.24. The standard InChI is InChI=1S/C41H80NO8P/c1-6-8-10-12-14-16-18-20-22-24-26-28-30-32-34-41(44)50-39(38-49-51(45,46)48-36-35-42(3,4)5)37-47-40(43)33-31-29-27-25-23-21-19-17-15-13-11-9-7-2/h17,19,39H,6-16,18,20-38H2,1-5H3/p+1/b19-17+/t39-/m1/s1. The molecule has 0 radical (unpaired) electrons. The van der Waals surface area contributed by atoms with Crippen LogP contribution in [-0.4, -0.2) is 74.9 Å². The van der Waals surface area contributed by atoms with Gasteiger partial charge in [-0.25, -0.2) is 4.57 Å². The lowest BCUT2D eigenvalue weighted by atomic mass is 10.0. The highest BCUT2D eigenvalue weighted by Gasteiger charge is 2.27. The van der Waals surface area contributed by atoms with Gasteiger partial charge in [-0.15, -0.1) is 0 Å². The highest BCUT2D eigenvalue weighted by molar-refractivity contribution is 7.47. The lowest BCUT2D eigenvalue weighted by molar-refractivity contribution is -0.870. The SMILES string of the molecule is CCCCCC/C=C/CCCCCCCC(=O)OC[C@H](COP(=O)(O)OCC[N+](C)(C)C)OC(=O)CCCCCCCCCCCCCCCC. The number of ether oxygens (including phenoxy) is 2. The third-order valence-corrected chi connectivity index (χ3v) is 10.0. The molecule has 1 N–H and O–H groups in total. The van der Waals surface area contributed by atoms with E-state index < -0.39 is 26.5 Å². The first-order valence-corrected chi connectivity index (χ1v) is 22.4. The van der Waals surface area contributed by atoms with Crippen molar-refractivity contribution in [3.05, 3.63) is 12.2 Å². The summed E-state index contributed by atoms with van der Waals surface area (Å²) < 4.78 is 34.2. The summed E-state index contributed by atoms with van der Waals surface area (Å²) in [5.74, 6) is -0.802. The third kappa shape index (κ3) is 38.3. The molecule has 10 heteroatoms. The first-order chi connectivity index (χ1) is 24.5. The average Bonchev–Trinajstić information content (AvgIpc) is 3.07. The van der Waals surface area contributed by atoms with Gasteiger partial charge in [0, 0.05) is 12.8 Å². The monoisotopic (exact) mass is 747 g/mol. The summed E-state index contributed by atoms with van der Waals surface area (Å²) in [4.78, 5) is 35.2. The number of nitrogens with zero attached hydrogens (tertiary/aromatic N) is 1. The van der Waals surface area contributed by atoms with Crippen molar-refractivity contribution in [2.45, 2.75) is 193 Å². The third-order valence-electron chi connectivity index (χ3n) is 9.05. The number of hydrogen-bond donors (Lipinski definition) is 1. The van der Waals surface area contributed by atoms with Crippen LogP contribution < -0.4 is 0 Å². The van der Waals surface area contributed by atoms with Crippen LogP contribution in [0.4, 0.5) is 0 Å². The molecule has 0 aromatic carbocycles. The molecule has 0 rings (SSSR count). The van der Waals surface area contributed by atoms with Crippen LogP contribution in [0.3, 0.4) is 0 Å². The van der Waals surface area contributed by atoms with Crippen LogP contribution in [0.5, 0.6) is 0 Å². The van der Waals surface area contributed by atoms with Gasteiger partial charge in [0.05, 0.1) is 27.7 Å². The summed E-state index contributed by atoms with van der Waals surface area (Å²) in [6.07, 6.45) is 33.9. The number of allylic oxidation sites excluding steroid dienone is 2. The smallest absolute Gasteiger partial charge is 0.462 e. The Morgan fingerprint density at radius 2 is 1.00 bits per heavy atom. The zero-order valence-corrected chi connectivity index (χ0v) is 34.7. The van der Waals surface area contributed by atoms with Gasteiger partial charge in [0.1, 0.15) is 19.8 Å². The predicted molar refractivity (Wildman–Crippen MR) is 211 cm³/mol. The second-order valence-corrected chi connectivity index (χ2v) is 16.8. The van der Waals surface area contributed by atoms with Gasteiger partial charge in [-0.3, -0.25) is 18.6 Å². The number of phosphoric acid groups is 1. The molecule has 1 unspecified atom stereocenters. The van der Waals surface area contributed by atoms with Crippen molar-refractivity contribution in [2.75, 3.05) is 47.5 Å². The van der Waals surface area contributed by atoms with Gasteiger partial charge in [0.25, 0.3) is 0 Å². The van der Waals surface area contributed by atoms with E-state index in [1.54, 1.807) is 0 Å². The number of unbranched alkanes of at least 4 members (excludes halogenated alkanes) is 22. The van der Waals surface area contributed by atoms with Crippen molar-refractivity contribution in [3.63, 3.8) is 0 Å². The molecule has 0 amide bonds. The van der Waals surface area contributed by atoms with Crippen molar-refractivity contribution in [1.29, 1.82) is 0 Å². The highest BCUT2D eigenvalue weighted by atomic mass is 31.2. The van der Waals surface area contributed by atoms with E-state index in [9.17, 15) is 19.0 Å². The summed E-state index contributed by atoms with van der Waals surface area (Å²) >= 11 is 0. The maximum atomic E-state index is 12.6. The van der Waals surface area contributed by atoms with E-state index in [4.69, 9.17) is 18.5 Å². The zero-order chi connectivity index (χ0) is 37.9. The number of carbonyl (C=O) groups is 2. The Kier molecular flexibility index (Phi) is 33.7. The van der Waals surface area contributed by atoms with E-state index in [0.29, 0.717) is 17.4 Å². The molecular weight excluding hydrogens is 665 g/mol. The van der Waals surface area contributed by atoms with E-state index in [1.807, 2.05) is 21.1 Å². The number of quaternary nitrogens is 1. The molecule has 51 heavy (non-hydrogen) atoms. The Balaban J connectivity index is 4.38. The summed E-state index contributed by atoms with van der Waals surface area (Å²) in [5.41, 5.74) is 0. The molecule has 0 saturated heterocycles. The first kappa shape index (κ1) is 49.8. The van der Waals surface area contributed by atoms with Crippen LogP contribution in [0.1, 0.15) is 187 Å². The summed E-state index contributed by atoms with van der Waals surface area (Å²) in [6, 6.07) is 0. The molecule has 9 nitrogen and oxygen atoms in total. The minimum Gasteiger partial charge on any atom is -0.462 e. The molecule has 0 saturated carbocycles. The molecule has 0 aromatic rings. The fourth-order valence-corrected chi connectivity index (χ4v) is 6.46. The quantitative estimate of drug-likeness (QED) is 0.0219. The molecule has 0 heterocycles. The van der Waals surface area contributed by atoms with Crippen LogP contribution in [-0.2, 0) is 32.7 Å². The minimum absolute atomic E-state index is 0.0334. The Morgan fingerprint density at radius 1 is 0.588 bits per heavy atom. The Labute approximate surface area is 314 Å². The second-order valence-electron chi connectivity index (χ2n) is 15.4. The molecule has 0 aliphatic rings. The van der Waals surface area contributed by atoms with Gasteiger partial charge in [0.15, 0.2) is 6.10 Å². The molecular formula is C41H81NO8P+. The Bertz CT molecular complexity index is 891. The normalized spacial score (nSPS) is 13.8. The van der Waals surface area contributed by atoms with Gasteiger partial charge in [-0.05, 0) is 38.5 Å². The Morgan fingerprint density at radius 3 is 1.47 bits per heavy atom. The number of esters is 2. The van der Waals surface area contributed by atoms with Gasteiger partial charge in [0.2, 0.25) is 0 Å². The zero-order valence-electron chi connectivity index (χ0n) is 33.9. The molecule has 0 aromatic heterocycles. The first-order valence-electron chi connectivity index (χ1n) is 20.9. The Hall–Kier alpha value is -1.25. The minimum atomic E-state index is -4.37. The predicted octanol–water partition coefficient (Wildman–Crippen LogP) is 11.4. The van der Waals surface area contributed by atoms with Gasteiger partial charge in [-0.1, -0.05) is 148 Å². The van der Waals surface area contributed by atoms with E-state index in [1.165, 1.54) is 103 Å². The largest absolute Gasteiger partial charge is 0.472 e. The summed E-state index contributed by atoms with van der Waals surface area (Å²) in [5, 5.41) is 0. The van der Waals surface area contributed by atoms with Crippen molar-refractivity contribution in [1.82, 2.24) is 0 Å². The molecule has 0 aliphatic carbocycles. The number of hydrogen-bond acceptors (Lipinski definition) is 7. The molecule has 0 bridgehead atoms. The van der Waals surface area contributed by atoms with E-state index in [-0.39, 0.29) is 32.0 Å². The van der Waals surface area contributed by atoms with Crippen molar-refractivity contribution >= 4 is 19.8 Å². The van der Waals surface area contributed by atoms with Crippen LogP contribution in [0, 0.1) is 0 Å². The van der Waals surface area contributed by atoms with Gasteiger partial charge < -0.3 is 18.9 Å². The van der Waals surface area contributed by atoms with Crippen LogP contribution in [0.15, 0.2) is 12.2 Å². The van der Waals surface area contributed by atoms with Gasteiger partial charge >= 0.3 is 19.8 Å². The highest BCUT2D eigenvalue weighted by Crippen LogP contribution is 2.43. The molecule has 2 atom stereocenters. The topological polar surface area (TPSA) is 108 Å². The van der Waals surface area contributed by atoms with E-state index >= 15 is 0 Å². The second kappa shape index (κ2) is 34.5. The van der Waals surface area contributed by atoms with Gasteiger partial charge in [-0.2, -0.15) is 0 Å². The number of likely N-dealkylation sites (N-methyl/N-ethyl adjacent to an activating group) is 1. The maximum Gasteiger partial charge on any atom is 0.472 e. The number of phosphoric ester groups is 1. The summed E-state index contributed by atoms with van der Waals surface area (Å²) in [7, 11) is 1.48. The molecule has 302 valence electrons. The fraction of sp³-hybridized carbons (Fsp3) is 0.902. The van der Waals surface area contributed by atoms with Crippen LogP contribution in [0.25, 0.3) is 0 Å². The van der Waals surface area contributed by atoms with Crippen LogP contribution in [0.2, 0.25) is 0 Å². The fourth-order valence-electron chi connectivity index (χ4n) is 5.71. The maximum absolute atomic E-state index is 12.6. The average molecular weight is 747 g/mol. The lowest BCUT2D eigenvalue weighted by Crippen LogP contribution is -2.37. The summed E-state index contributed by atoms with van der Waals surface area (Å²) in [6.45, 7) is 4.41. The van der Waals surface area contributed by atoms with Crippen molar-refractivity contribution in [2.24, 2.45) is 0 Å². The number of carbonyl (C=O) groups excluding carboxylic acids is 2. The van der Waals surface area contributed by atoms with Crippen molar-refractivity contribution < 1.29 is 42.1 Å².